The predicted molar refractivity (Wildman–Crippen MR) is 74.0 cm³/mol. The maximum Gasteiger partial charge on any atom is 0.225 e. The molecule has 1 N–H and O–H groups in total. The third-order valence-electron chi connectivity index (χ3n) is 4.73. The number of carbonyl (C=O) groups is 2. The minimum Gasteiger partial charge on any atom is -0.378 e. The third kappa shape index (κ3) is 2.97. The van der Waals surface area contributed by atoms with Gasteiger partial charge in [0.1, 0.15) is 0 Å². The molecule has 1 saturated carbocycles. The Morgan fingerprint density at radius 1 is 1.40 bits per heavy atom. The van der Waals surface area contributed by atoms with Crippen LogP contribution < -0.4 is 5.32 Å². The maximum absolute atomic E-state index is 12.2. The molecule has 0 aromatic carbocycles. The number of hydrogen-bond donors (Lipinski definition) is 1. The molecule has 3 atom stereocenters. The quantitative estimate of drug-likeness (QED) is 0.833. The number of nitrogens with one attached hydrogen (secondary N) is 1. The molecule has 0 aromatic heterocycles. The van der Waals surface area contributed by atoms with E-state index >= 15 is 0 Å². The lowest BCUT2D eigenvalue weighted by Crippen LogP contribution is -2.42. The Kier molecular flexibility index (Phi) is 3.96. The van der Waals surface area contributed by atoms with Crippen LogP contribution in [0.4, 0.5) is 0 Å². The summed E-state index contributed by atoms with van der Waals surface area (Å²) in [5.74, 6) is 0.614. The molecule has 0 aromatic rings. The van der Waals surface area contributed by atoms with Gasteiger partial charge in [-0.1, -0.05) is 0 Å². The first kappa shape index (κ1) is 13.9. The minimum atomic E-state index is -0.0274. The van der Waals surface area contributed by atoms with Crippen molar-refractivity contribution in [3.8, 4) is 0 Å². The minimum absolute atomic E-state index is 0.0110. The summed E-state index contributed by atoms with van der Waals surface area (Å²) in [5.41, 5.74) is 0. The Labute approximate surface area is 120 Å². The van der Waals surface area contributed by atoms with E-state index in [1.165, 1.54) is 0 Å². The lowest BCUT2D eigenvalue weighted by atomic mass is 9.94. The molecule has 5 heteroatoms. The molecule has 2 saturated heterocycles. The van der Waals surface area contributed by atoms with E-state index in [2.05, 4.69) is 5.32 Å². The maximum atomic E-state index is 12.2. The number of amides is 2. The van der Waals surface area contributed by atoms with Crippen LogP contribution in [0.3, 0.4) is 0 Å². The number of carbonyl (C=O) groups excluding carboxylic acids is 2. The van der Waals surface area contributed by atoms with Crippen LogP contribution >= 0.6 is 0 Å². The van der Waals surface area contributed by atoms with Crippen molar-refractivity contribution >= 4 is 11.8 Å². The van der Waals surface area contributed by atoms with Crippen molar-refractivity contribution in [2.75, 3.05) is 19.7 Å². The fourth-order valence-corrected chi connectivity index (χ4v) is 3.33. The fourth-order valence-electron chi connectivity index (χ4n) is 3.33. The highest BCUT2D eigenvalue weighted by atomic mass is 16.5. The molecule has 2 amide bonds. The highest BCUT2D eigenvalue weighted by Gasteiger charge is 2.39. The van der Waals surface area contributed by atoms with E-state index in [0.29, 0.717) is 19.0 Å². The molecule has 1 aliphatic carbocycles. The monoisotopic (exact) mass is 280 g/mol. The number of likely N-dealkylation sites (tertiary alicyclic amines) is 1. The highest BCUT2D eigenvalue weighted by Crippen LogP contribution is 2.32. The van der Waals surface area contributed by atoms with E-state index in [0.717, 1.165) is 38.8 Å². The van der Waals surface area contributed by atoms with Crippen LogP contribution in [0.5, 0.6) is 0 Å². The normalized spacial score (nSPS) is 34.4. The Hall–Kier alpha value is -1.10. The van der Waals surface area contributed by atoms with Gasteiger partial charge in [-0.3, -0.25) is 9.59 Å². The SMILES string of the molecule is CC1OCCCC1C(=O)NCC1CC(=O)N(C2CC2)C1. The second-order valence-electron chi connectivity index (χ2n) is 6.42. The number of rotatable bonds is 4. The molecule has 5 nitrogen and oxygen atoms in total. The van der Waals surface area contributed by atoms with E-state index < -0.39 is 0 Å². The third-order valence-corrected chi connectivity index (χ3v) is 4.73. The lowest BCUT2D eigenvalue weighted by Gasteiger charge is -2.28. The summed E-state index contributed by atoms with van der Waals surface area (Å²) < 4.78 is 5.53. The zero-order valence-electron chi connectivity index (χ0n) is 12.1. The molecule has 20 heavy (non-hydrogen) atoms. The zero-order valence-corrected chi connectivity index (χ0v) is 12.1. The van der Waals surface area contributed by atoms with E-state index in [1.807, 2.05) is 11.8 Å². The smallest absolute Gasteiger partial charge is 0.225 e. The summed E-state index contributed by atoms with van der Waals surface area (Å²) in [6, 6.07) is 0.495. The van der Waals surface area contributed by atoms with Gasteiger partial charge in [0.05, 0.1) is 12.0 Å². The Bertz CT molecular complexity index is 395. The summed E-state index contributed by atoms with van der Waals surface area (Å²) in [5, 5.41) is 3.03. The first-order chi connectivity index (χ1) is 9.65. The van der Waals surface area contributed by atoms with Crippen LogP contribution in [-0.2, 0) is 14.3 Å². The molecular weight excluding hydrogens is 256 g/mol. The molecule has 3 aliphatic rings. The van der Waals surface area contributed by atoms with Gasteiger partial charge in [-0.15, -0.1) is 0 Å². The summed E-state index contributed by atoms with van der Waals surface area (Å²) in [6.07, 6.45) is 4.78. The van der Waals surface area contributed by atoms with Gasteiger partial charge in [0.2, 0.25) is 11.8 Å². The van der Waals surface area contributed by atoms with Gasteiger partial charge < -0.3 is 15.0 Å². The molecule has 0 radical (unpaired) electrons. The van der Waals surface area contributed by atoms with Crippen LogP contribution in [0.2, 0.25) is 0 Å². The van der Waals surface area contributed by atoms with Crippen molar-refractivity contribution in [1.29, 1.82) is 0 Å². The molecule has 3 unspecified atom stereocenters. The van der Waals surface area contributed by atoms with Crippen molar-refractivity contribution < 1.29 is 14.3 Å². The molecule has 112 valence electrons. The summed E-state index contributed by atoms with van der Waals surface area (Å²) in [4.78, 5) is 26.0. The number of hydrogen-bond acceptors (Lipinski definition) is 3. The second-order valence-corrected chi connectivity index (χ2v) is 6.42. The first-order valence-electron chi connectivity index (χ1n) is 7.84. The Morgan fingerprint density at radius 3 is 2.90 bits per heavy atom. The molecule has 0 bridgehead atoms. The van der Waals surface area contributed by atoms with Crippen molar-refractivity contribution in [2.24, 2.45) is 11.8 Å². The molecular formula is C15H24N2O3. The van der Waals surface area contributed by atoms with Gasteiger partial charge in [0.25, 0.3) is 0 Å². The average molecular weight is 280 g/mol. The summed E-state index contributed by atoms with van der Waals surface area (Å²) >= 11 is 0. The van der Waals surface area contributed by atoms with Crippen molar-refractivity contribution in [2.45, 2.75) is 51.2 Å². The van der Waals surface area contributed by atoms with Crippen molar-refractivity contribution in [3.05, 3.63) is 0 Å². The second kappa shape index (κ2) is 5.72. The van der Waals surface area contributed by atoms with Gasteiger partial charge in [0.15, 0.2) is 0 Å². The summed E-state index contributed by atoms with van der Waals surface area (Å²) in [7, 11) is 0. The van der Waals surface area contributed by atoms with Crippen LogP contribution in [0.25, 0.3) is 0 Å². The topological polar surface area (TPSA) is 58.6 Å². The predicted octanol–water partition coefficient (Wildman–Crippen LogP) is 0.929. The van der Waals surface area contributed by atoms with Crippen LogP contribution in [0.1, 0.15) is 39.0 Å². The highest BCUT2D eigenvalue weighted by molar-refractivity contribution is 5.81. The molecule has 0 spiro atoms. The zero-order chi connectivity index (χ0) is 14.1. The van der Waals surface area contributed by atoms with Crippen LogP contribution in [0, 0.1) is 11.8 Å². The Balaban J connectivity index is 1.45. The molecule has 3 rings (SSSR count). The largest absolute Gasteiger partial charge is 0.378 e. The van der Waals surface area contributed by atoms with E-state index in [9.17, 15) is 9.59 Å². The molecule has 2 aliphatic heterocycles. The van der Waals surface area contributed by atoms with E-state index in [4.69, 9.17) is 4.74 Å². The lowest BCUT2D eigenvalue weighted by molar-refractivity contribution is -0.133. The summed E-state index contributed by atoms with van der Waals surface area (Å²) in [6.45, 7) is 4.17. The van der Waals surface area contributed by atoms with Gasteiger partial charge in [-0.25, -0.2) is 0 Å². The fraction of sp³-hybridized carbons (Fsp3) is 0.867. The van der Waals surface area contributed by atoms with Gasteiger partial charge in [0, 0.05) is 38.1 Å². The van der Waals surface area contributed by atoms with Crippen molar-refractivity contribution in [3.63, 3.8) is 0 Å². The number of nitrogens with zero attached hydrogens (tertiary/aromatic N) is 1. The number of ether oxygens (including phenoxy) is 1. The van der Waals surface area contributed by atoms with E-state index in [-0.39, 0.29) is 29.8 Å². The van der Waals surface area contributed by atoms with Gasteiger partial charge in [-0.05, 0) is 32.6 Å². The average Bonchev–Trinajstić information content (AvgIpc) is 3.20. The molecule has 3 fully saturated rings. The van der Waals surface area contributed by atoms with Crippen LogP contribution in [0.15, 0.2) is 0 Å². The standard InChI is InChI=1S/C15H24N2O3/c1-10-13(3-2-6-20-10)15(19)16-8-11-7-14(18)17(9-11)12-4-5-12/h10-13H,2-9H2,1H3,(H,16,19). The van der Waals surface area contributed by atoms with E-state index in [1.54, 1.807) is 0 Å². The van der Waals surface area contributed by atoms with Gasteiger partial charge in [-0.2, -0.15) is 0 Å². The van der Waals surface area contributed by atoms with Crippen LogP contribution in [-0.4, -0.2) is 48.6 Å². The van der Waals surface area contributed by atoms with Gasteiger partial charge >= 0.3 is 0 Å². The Morgan fingerprint density at radius 2 is 2.20 bits per heavy atom. The molecule has 2 heterocycles. The van der Waals surface area contributed by atoms with Crippen molar-refractivity contribution in [1.82, 2.24) is 10.2 Å². The first-order valence-corrected chi connectivity index (χ1v) is 7.84.